The Kier molecular flexibility index (Phi) is 5.44. The molecule has 0 aromatic rings. The van der Waals surface area contributed by atoms with Crippen molar-refractivity contribution in [1.82, 2.24) is 4.90 Å². The molecule has 0 bridgehead atoms. The van der Waals surface area contributed by atoms with Crippen molar-refractivity contribution in [3.63, 3.8) is 0 Å². The van der Waals surface area contributed by atoms with Crippen LogP contribution in [0.2, 0.25) is 0 Å². The first-order chi connectivity index (χ1) is 7.91. The minimum Gasteiger partial charge on any atom is -0.480 e. The first-order valence-electron chi connectivity index (χ1n) is 6.90. The van der Waals surface area contributed by atoms with Crippen LogP contribution in [-0.2, 0) is 4.79 Å². The fraction of sp³-hybridized carbons (Fsp3) is 0.929. The number of hydrogen-bond acceptors (Lipinski definition) is 2. The summed E-state index contributed by atoms with van der Waals surface area (Å²) in [6.07, 6.45) is 8.77. The van der Waals surface area contributed by atoms with Crippen LogP contribution in [0.5, 0.6) is 0 Å². The monoisotopic (exact) mass is 241 g/mol. The van der Waals surface area contributed by atoms with Crippen molar-refractivity contribution in [2.75, 3.05) is 6.54 Å². The molecule has 0 aromatic heterocycles. The molecule has 1 rings (SSSR count). The molecule has 3 nitrogen and oxygen atoms in total. The molecule has 0 unspecified atom stereocenters. The zero-order valence-electron chi connectivity index (χ0n) is 11.5. The van der Waals surface area contributed by atoms with E-state index in [-0.39, 0.29) is 12.1 Å². The molecule has 0 amide bonds. The summed E-state index contributed by atoms with van der Waals surface area (Å²) in [4.78, 5) is 13.2. The molecule has 1 aliphatic carbocycles. The van der Waals surface area contributed by atoms with Crippen molar-refractivity contribution in [1.29, 1.82) is 0 Å². The predicted octanol–water partition coefficient (Wildman–Crippen LogP) is 3.28. The van der Waals surface area contributed by atoms with E-state index < -0.39 is 5.97 Å². The maximum Gasteiger partial charge on any atom is 0.317 e. The number of hydrogen-bond donors (Lipinski definition) is 1. The van der Waals surface area contributed by atoms with Crippen molar-refractivity contribution in [2.45, 2.75) is 77.3 Å². The third kappa shape index (κ3) is 5.07. The van der Waals surface area contributed by atoms with Gasteiger partial charge in [-0.3, -0.25) is 9.69 Å². The van der Waals surface area contributed by atoms with Gasteiger partial charge in [0.2, 0.25) is 0 Å². The Balaban J connectivity index is 2.68. The average Bonchev–Trinajstić information content (AvgIpc) is 2.12. The molecule has 1 saturated carbocycles. The first kappa shape index (κ1) is 14.5. The van der Waals surface area contributed by atoms with Crippen LogP contribution < -0.4 is 0 Å². The molecular formula is C14H27NO2. The van der Waals surface area contributed by atoms with Gasteiger partial charge in [-0.15, -0.1) is 0 Å². The molecular weight excluding hydrogens is 214 g/mol. The van der Waals surface area contributed by atoms with Crippen LogP contribution in [0.4, 0.5) is 0 Å². The number of aliphatic carboxylic acids is 1. The zero-order chi connectivity index (χ0) is 12.9. The van der Waals surface area contributed by atoms with Gasteiger partial charge in [0.15, 0.2) is 0 Å². The van der Waals surface area contributed by atoms with Gasteiger partial charge in [0.05, 0.1) is 6.54 Å². The molecule has 1 fully saturated rings. The molecule has 0 aromatic carbocycles. The summed E-state index contributed by atoms with van der Waals surface area (Å²) in [5.41, 5.74) is -0.0533. The molecule has 0 radical (unpaired) electrons. The lowest BCUT2D eigenvalue weighted by Gasteiger charge is -2.41. The molecule has 0 atom stereocenters. The van der Waals surface area contributed by atoms with E-state index in [9.17, 15) is 4.79 Å². The molecule has 3 heteroatoms. The minimum atomic E-state index is -0.706. The lowest BCUT2D eigenvalue weighted by Crippen LogP contribution is -2.50. The molecule has 0 saturated heterocycles. The molecule has 0 spiro atoms. The van der Waals surface area contributed by atoms with Crippen molar-refractivity contribution < 1.29 is 9.90 Å². The molecule has 1 N–H and O–H groups in total. The Bertz CT molecular complexity index is 237. The highest BCUT2D eigenvalue weighted by Gasteiger charge is 2.30. The molecule has 0 aliphatic heterocycles. The van der Waals surface area contributed by atoms with E-state index >= 15 is 0 Å². The number of rotatable bonds is 3. The van der Waals surface area contributed by atoms with E-state index in [4.69, 9.17) is 5.11 Å². The Morgan fingerprint density at radius 1 is 1.12 bits per heavy atom. The van der Waals surface area contributed by atoms with Gasteiger partial charge in [0.1, 0.15) is 0 Å². The second-order valence-corrected chi connectivity index (χ2v) is 6.19. The second-order valence-electron chi connectivity index (χ2n) is 6.19. The summed E-state index contributed by atoms with van der Waals surface area (Å²) < 4.78 is 0. The maximum atomic E-state index is 11.0. The average molecular weight is 241 g/mol. The van der Waals surface area contributed by atoms with Gasteiger partial charge in [-0.05, 0) is 33.6 Å². The van der Waals surface area contributed by atoms with Crippen molar-refractivity contribution in [2.24, 2.45) is 0 Å². The smallest absolute Gasteiger partial charge is 0.317 e. The van der Waals surface area contributed by atoms with Crippen LogP contribution in [0.15, 0.2) is 0 Å². The van der Waals surface area contributed by atoms with Gasteiger partial charge in [-0.2, -0.15) is 0 Å². The summed E-state index contributed by atoms with van der Waals surface area (Å²) in [5.74, 6) is -0.706. The maximum absolute atomic E-state index is 11.0. The first-order valence-corrected chi connectivity index (χ1v) is 6.90. The zero-order valence-corrected chi connectivity index (χ0v) is 11.5. The number of carbonyl (C=O) groups is 1. The summed E-state index contributed by atoms with van der Waals surface area (Å²) >= 11 is 0. The second kappa shape index (κ2) is 6.39. The third-order valence-corrected chi connectivity index (χ3v) is 3.68. The molecule has 17 heavy (non-hydrogen) atoms. The van der Waals surface area contributed by atoms with Crippen LogP contribution in [0, 0.1) is 0 Å². The summed E-state index contributed by atoms with van der Waals surface area (Å²) in [7, 11) is 0. The van der Waals surface area contributed by atoms with Crippen molar-refractivity contribution in [3.05, 3.63) is 0 Å². The molecule has 100 valence electrons. The highest BCUT2D eigenvalue weighted by Crippen LogP contribution is 2.26. The summed E-state index contributed by atoms with van der Waals surface area (Å²) in [6.45, 7) is 6.53. The highest BCUT2D eigenvalue weighted by molar-refractivity contribution is 5.69. The fourth-order valence-corrected chi connectivity index (χ4v) is 2.81. The molecule has 0 heterocycles. The van der Waals surface area contributed by atoms with Crippen LogP contribution in [-0.4, -0.2) is 34.1 Å². The normalized spacial score (nSPS) is 20.0. The van der Waals surface area contributed by atoms with Crippen LogP contribution in [0.1, 0.15) is 65.7 Å². The van der Waals surface area contributed by atoms with Gasteiger partial charge in [-0.25, -0.2) is 0 Å². The van der Waals surface area contributed by atoms with E-state index in [1.165, 1.54) is 32.1 Å². The molecule has 1 aliphatic rings. The van der Waals surface area contributed by atoms with Gasteiger partial charge >= 0.3 is 5.97 Å². The Labute approximate surface area is 105 Å². The third-order valence-electron chi connectivity index (χ3n) is 3.68. The van der Waals surface area contributed by atoms with Crippen LogP contribution in [0.25, 0.3) is 0 Å². The SMILES string of the molecule is CC(C)(C)N(CC(=O)O)C1CCCCCCC1. The fourth-order valence-electron chi connectivity index (χ4n) is 2.81. The van der Waals surface area contributed by atoms with Gasteiger partial charge in [-0.1, -0.05) is 32.1 Å². The summed E-state index contributed by atoms with van der Waals surface area (Å²) in [5, 5.41) is 9.06. The number of carboxylic acids is 1. The van der Waals surface area contributed by atoms with E-state index in [0.717, 1.165) is 12.8 Å². The van der Waals surface area contributed by atoms with E-state index in [1.54, 1.807) is 0 Å². The summed E-state index contributed by atoms with van der Waals surface area (Å²) in [6, 6.07) is 0.450. The Morgan fingerprint density at radius 2 is 1.59 bits per heavy atom. The largest absolute Gasteiger partial charge is 0.480 e. The standard InChI is InChI=1S/C14H27NO2/c1-14(2,3)15(11-13(16)17)12-9-7-5-4-6-8-10-12/h12H,4-11H2,1-3H3,(H,16,17). The Hall–Kier alpha value is -0.570. The van der Waals surface area contributed by atoms with Crippen LogP contribution >= 0.6 is 0 Å². The quantitative estimate of drug-likeness (QED) is 0.824. The van der Waals surface area contributed by atoms with Gasteiger partial charge < -0.3 is 5.11 Å². The van der Waals surface area contributed by atoms with E-state index in [2.05, 4.69) is 25.7 Å². The van der Waals surface area contributed by atoms with Crippen molar-refractivity contribution in [3.8, 4) is 0 Å². The van der Waals surface area contributed by atoms with E-state index in [0.29, 0.717) is 6.04 Å². The predicted molar refractivity (Wildman–Crippen MR) is 70.2 cm³/mol. The topological polar surface area (TPSA) is 40.5 Å². The van der Waals surface area contributed by atoms with Crippen LogP contribution in [0.3, 0.4) is 0 Å². The van der Waals surface area contributed by atoms with Crippen molar-refractivity contribution >= 4 is 5.97 Å². The Morgan fingerprint density at radius 3 is 2.00 bits per heavy atom. The highest BCUT2D eigenvalue weighted by atomic mass is 16.4. The lowest BCUT2D eigenvalue weighted by molar-refractivity contribution is -0.141. The van der Waals surface area contributed by atoms with E-state index in [1.807, 2.05) is 0 Å². The van der Waals surface area contributed by atoms with Gasteiger partial charge in [0.25, 0.3) is 0 Å². The number of nitrogens with zero attached hydrogens (tertiary/aromatic N) is 1. The minimum absolute atomic E-state index is 0.0533. The lowest BCUT2D eigenvalue weighted by atomic mass is 9.92. The van der Waals surface area contributed by atoms with Gasteiger partial charge in [0, 0.05) is 11.6 Å². The number of carboxylic acid groups (broad SMARTS) is 1.